The van der Waals surface area contributed by atoms with Crippen molar-refractivity contribution in [1.29, 1.82) is 0 Å². The van der Waals surface area contributed by atoms with Crippen molar-refractivity contribution in [3.05, 3.63) is 69.3 Å². The number of rotatable bonds is 6. The lowest BCUT2D eigenvalue weighted by molar-refractivity contribution is -0.231. The number of benzene rings is 2. The minimum atomic E-state index is -2.63. The van der Waals surface area contributed by atoms with Crippen LogP contribution in [-0.2, 0) is 30.4 Å². The fraction of sp³-hybridized carbons (Fsp3) is 0.520. The van der Waals surface area contributed by atoms with Crippen LogP contribution in [0.1, 0.15) is 64.8 Å². The molecule has 2 aromatic carbocycles. The van der Waals surface area contributed by atoms with Gasteiger partial charge in [0.05, 0.1) is 6.61 Å². The van der Waals surface area contributed by atoms with E-state index in [2.05, 4.69) is 6.92 Å². The third-order valence-electron chi connectivity index (χ3n) is 6.81. The van der Waals surface area contributed by atoms with Crippen LogP contribution in [0.2, 0.25) is 0 Å². The van der Waals surface area contributed by atoms with Gasteiger partial charge in [0, 0.05) is 5.56 Å². The molecule has 32 heavy (non-hydrogen) atoms. The van der Waals surface area contributed by atoms with Gasteiger partial charge in [-0.3, -0.25) is 0 Å². The molecule has 0 amide bonds. The number of fused-ring (bicyclic) bond motifs is 1. The lowest BCUT2D eigenvalue weighted by Crippen LogP contribution is -2.55. The van der Waals surface area contributed by atoms with Crippen LogP contribution in [0, 0.1) is 0 Å². The number of aliphatic hydroxyl groups excluding tert-OH is 4. The lowest BCUT2D eigenvalue weighted by Gasteiger charge is -2.41. The first kappa shape index (κ1) is 23.3. The lowest BCUT2D eigenvalue weighted by atomic mass is 9.84. The molecule has 2 aromatic rings. The zero-order chi connectivity index (χ0) is 23.0. The molecule has 1 aliphatic heterocycles. The van der Waals surface area contributed by atoms with Gasteiger partial charge in [-0.25, -0.2) is 8.78 Å². The molecule has 1 aliphatic carbocycles. The Kier molecular flexibility index (Phi) is 6.93. The molecule has 2 aliphatic rings. The Hall–Kier alpha value is -1.90. The van der Waals surface area contributed by atoms with E-state index in [-0.39, 0.29) is 5.56 Å². The molecule has 0 spiro atoms. The van der Waals surface area contributed by atoms with E-state index >= 15 is 0 Å². The van der Waals surface area contributed by atoms with Crippen molar-refractivity contribution in [2.75, 3.05) is 6.61 Å². The Balaban J connectivity index is 1.79. The summed E-state index contributed by atoms with van der Waals surface area (Å²) < 4.78 is 34.2. The van der Waals surface area contributed by atoms with Gasteiger partial charge in [0.1, 0.15) is 30.5 Å². The van der Waals surface area contributed by atoms with Crippen molar-refractivity contribution < 1.29 is 33.9 Å². The summed E-state index contributed by atoms with van der Waals surface area (Å²) in [5, 5.41) is 40.6. The first-order chi connectivity index (χ1) is 15.3. The molecule has 5 atom stereocenters. The van der Waals surface area contributed by atoms with E-state index in [9.17, 15) is 29.2 Å². The van der Waals surface area contributed by atoms with Crippen LogP contribution in [0.3, 0.4) is 0 Å². The van der Waals surface area contributed by atoms with Crippen molar-refractivity contribution in [2.24, 2.45) is 0 Å². The maximum Gasteiger partial charge on any atom is 0.264 e. The molecule has 4 rings (SSSR count). The Morgan fingerprint density at radius 2 is 1.62 bits per heavy atom. The summed E-state index contributed by atoms with van der Waals surface area (Å²) in [5.41, 5.74) is 4.45. The highest BCUT2D eigenvalue weighted by molar-refractivity contribution is 5.52. The molecule has 5 nitrogen and oxygen atoms in total. The molecule has 5 unspecified atom stereocenters. The number of aryl methyl sites for hydroxylation is 1. The summed E-state index contributed by atoms with van der Waals surface area (Å²) in [5.74, 6) is 0. The first-order valence-corrected chi connectivity index (χ1v) is 11.2. The second kappa shape index (κ2) is 9.53. The second-order valence-corrected chi connectivity index (χ2v) is 8.75. The third-order valence-corrected chi connectivity index (χ3v) is 6.81. The van der Waals surface area contributed by atoms with E-state index < -0.39 is 43.6 Å². The van der Waals surface area contributed by atoms with Gasteiger partial charge >= 0.3 is 0 Å². The third kappa shape index (κ3) is 4.20. The van der Waals surface area contributed by atoms with E-state index in [1.165, 1.54) is 5.56 Å². The summed E-state index contributed by atoms with van der Waals surface area (Å²) >= 11 is 0. The Morgan fingerprint density at radius 1 is 0.969 bits per heavy atom. The molecular formula is C25H30F2O5. The number of halogens is 2. The average molecular weight is 449 g/mol. The normalized spacial score (nSPS) is 27.7. The van der Waals surface area contributed by atoms with Crippen molar-refractivity contribution in [1.82, 2.24) is 0 Å². The quantitative estimate of drug-likeness (QED) is 0.546. The SMILES string of the molecule is CCc1ccc(Cc2cc(C3OC(CO)C(O)C(O)C3O)c3c(c2C(F)F)CCC3)cc1. The van der Waals surface area contributed by atoms with Crippen LogP contribution >= 0.6 is 0 Å². The van der Waals surface area contributed by atoms with Gasteiger partial charge in [0.15, 0.2) is 0 Å². The second-order valence-electron chi connectivity index (χ2n) is 8.75. The van der Waals surface area contributed by atoms with Crippen LogP contribution in [0.25, 0.3) is 0 Å². The number of hydrogen-bond acceptors (Lipinski definition) is 5. The molecular weight excluding hydrogens is 418 g/mol. The zero-order valence-corrected chi connectivity index (χ0v) is 18.0. The van der Waals surface area contributed by atoms with Gasteiger partial charge in [0.25, 0.3) is 6.43 Å². The fourth-order valence-electron chi connectivity index (χ4n) is 5.05. The molecule has 174 valence electrons. The predicted molar refractivity (Wildman–Crippen MR) is 115 cm³/mol. The molecule has 0 saturated carbocycles. The predicted octanol–water partition coefficient (Wildman–Crippen LogP) is 2.78. The van der Waals surface area contributed by atoms with Gasteiger partial charge in [0.2, 0.25) is 0 Å². The van der Waals surface area contributed by atoms with Gasteiger partial charge in [-0.15, -0.1) is 0 Å². The van der Waals surface area contributed by atoms with Crippen LogP contribution in [0.4, 0.5) is 8.78 Å². The number of alkyl halides is 2. The van der Waals surface area contributed by atoms with E-state index in [0.29, 0.717) is 42.4 Å². The largest absolute Gasteiger partial charge is 0.394 e. The standard InChI is InChI=1S/C25H30F2O5/c1-2-13-6-8-14(9-7-13)10-15-11-18(16-4-3-5-17(16)20(15)25(26)27)24-23(31)22(30)21(29)19(12-28)32-24/h6-9,11,19,21-25,28-31H,2-5,10,12H2,1H3. The summed E-state index contributed by atoms with van der Waals surface area (Å²) in [7, 11) is 0. The average Bonchev–Trinajstić information content (AvgIpc) is 3.27. The molecule has 1 heterocycles. The van der Waals surface area contributed by atoms with Crippen LogP contribution in [0.15, 0.2) is 30.3 Å². The smallest absolute Gasteiger partial charge is 0.264 e. The highest BCUT2D eigenvalue weighted by Gasteiger charge is 2.45. The van der Waals surface area contributed by atoms with Gasteiger partial charge in [-0.1, -0.05) is 37.3 Å². The number of ether oxygens (including phenoxy) is 1. The van der Waals surface area contributed by atoms with Crippen LogP contribution in [0.5, 0.6) is 0 Å². The zero-order valence-electron chi connectivity index (χ0n) is 18.0. The van der Waals surface area contributed by atoms with Crippen molar-refractivity contribution in [3.63, 3.8) is 0 Å². The van der Waals surface area contributed by atoms with Crippen molar-refractivity contribution >= 4 is 0 Å². The topological polar surface area (TPSA) is 90.2 Å². The maximum absolute atomic E-state index is 14.2. The maximum atomic E-state index is 14.2. The summed E-state index contributed by atoms with van der Waals surface area (Å²) in [6.45, 7) is 1.52. The van der Waals surface area contributed by atoms with E-state index in [1.54, 1.807) is 6.07 Å². The Bertz CT molecular complexity index is 944. The molecule has 4 N–H and O–H groups in total. The van der Waals surface area contributed by atoms with Crippen molar-refractivity contribution in [2.45, 2.75) is 76.0 Å². The van der Waals surface area contributed by atoms with Gasteiger partial charge in [-0.2, -0.15) is 0 Å². The number of aliphatic hydroxyl groups is 4. The molecule has 0 radical (unpaired) electrons. The summed E-state index contributed by atoms with van der Waals surface area (Å²) in [6, 6.07) is 9.52. The van der Waals surface area contributed by atoms with E-state index in [1.807, 2.05) is 24.3 Å². The first-order valence-electron chi connectivity index (χ1n) is 11.2. The van der Waals surface area contributed by atoms with Crippen LogP contribution in [-0.4, -0.2) is 51.4 Å². The minimum Gasteiger partial charge on any atom is -0.394 e. The molecule has 7 heteroatoms. The molecule has 1 fully saturated rings. The summed E-state index contributed by atoms with van der Waals surface area (Å²) in [4.78, 5) is 0. The van der Waals surface area contributed by atoms with E-state index in [0.717, 1.165) is 17.5 Å². The summed E-state index contributed by atoms with van der Waals surface area (Å²) in [6.07, 6.45) is -6.10. The highest BCUT2D eigenvalue weighted by Crippen LogP contribution is 2.43. The molecule has 1 saturated heterocycles. The molecule has 0 aromatic heterocycles. The Labute approximate surface area is 186 Å². The Morgan fingerprint density at radius 3 is 2.25 bits per heavy atom. The van der Waals surface area contributed by atoms with Crippen LogP contribution < -0.4 is 0 Å². The van der Waals surface area contributed by atoms with Gasteiger partial charge < -0.3 is 25.2 Å². The number of hydrogen-bond donors (Lipinski definition) is 4. The molecule has 0 bridgehead atoms. The minimum absolute atomic E-state index is 0.0467. The van der Waals surface area contributed by atoms with Crippen molar-refractivity contribution in [3.8, 4) is 0 Å². The fourth-order valence-corrected chi connectivity index (χ4v) is 5.05. The van der Waals surface area contributed by atoms with E-state index in [4.69, 9.17) is 4.74 Å². The van der Waals surface area contributed by atoms with Gasteiger partial charge in [-0.05, 0) is 65.5 Å². The highest BCUT2D eigenvalue weighted by atomic mass is 19.3. The monoisotopic (exact) mass is 448 g/mol.